The maximum Gasteiger partial charge on any atom is 0.122 e. The number of aliphatic imine (C=N–C) groups is 2. The van der Waals surface area contributed by atoms with Crippen LogP contribution in [0.2, 0.25) is 0 Å². The molecule has 1 aromatic carbocycles. The van der Waals surface area contributed by atoms with Gasteiger partial charge < -0.3 is 10.1 Å². The minimum atomic E-state index is -0.101. The number of hydrogen-bond acceptors (Lipinski definition) is 3. The van der Waals surface area contributed by atoms with Crippen molar-refractivity contribution in [2.45, 2.75) is 87.5 Å². The number of nitrogens with zero attached hydrogens (tertiary/aromatic N) is 2. The highest BCUT2D eigenvalue weighted by Crippen LogP contribution is 2.40. The molecule has 2 N–H and O–H groups in total. The van der Waals surface area contributed by atoms with Crippen molar-refractivity contribution in [3.63, 3.8) is 0 Å². The molecule has 4 nitrogen and oxygen atoms in total. The summed E-state index contributed by atoms with van der Waals surface area (Å²) in [5.74, 6) is 0.249. The first-order chi connectivity index (χ1) is 18.7. The summed E-state index contributed by atoms with van der Waals surface area (Å²) in [6.07, 6.45) is 10.5. The van der Waals surface area contributed by atoms with E-state index in [-0.39, 0.29) is 16.6 Å². The van der Waals surface area contributed by atoms with Crippen LogP contribution in [0, 0.1) is 12.3 Å². The fraction of sp³-hybridized carbons (Fsp3) is 0.389. The molecule has 0 unspecified atom stereocenters. The van der Waals surface area contributed by atoms with Crippen LogP contribution in [0.15, 0.2) is 67.9 Å². The molecule has 3 aliphatic heterocycles. The highest BCUT2D eigenvalue weighted by Gasteiger charge is 2.31. The van der Waals surface area contributed by atoms with Crippen LogP contribution in [-0.4, -0.2) is 21.5 Å². The Balaban J connectivity index is 1.92. The first-order valence-corrected chi connectivity index (χ1v) is 14.5. The number of allylic oxidation sites excluding steroid dienone is 5. The Morgan fingerprint density at radius 3 is 2.05 bits per heavy atom. The second-order valence-electron chi connectivity index (χ2n) is 13.3. The largest absolute Gasteiger partial charge is 0.507 e. The van der Waals surface area contributed by atoms with E-state index in [1.165, 1.54) is 27.8 Å². The average Bonchev–Trinajstić information content (AvgIpc) is 3.45. The number of aromatic hydroxyl groups is 1. The number of fused-ring (bicyclic) bond motifs is 6. The van der Waals surface area contributed by atoms with E-state index in [1.54, 1.807) is 6.07 Å². The lowest BCUT2D eigenvalue weighted by Crippen LogP contribution is -2.23. The van der Waals surface area contributed by atoms with Crippen molar-refractivity contribution in [3.8, 4) is 5.75 Å². The zero-order chi connectivity index (χ0) is 29.1. The predicted octanol–water partition coefficient (Wildman–Crippen LogP) is 7.56. The molecule has 0 spiro atoms. The molecule has 208 valence electrons. The Morgan fingerprint density at radius 1 is 0.750 bits per heavy atom. The number of H-pyrrole nitrogens is 1. The van der Waals surface area contributed by atoms with Gasteiger partial charge in [0, 0.05) is 16.3 Å². The number of benzene rings is 1. The van der Waals surface area contributed by atoms with E-state index in [2.05, 4.69) is 92.4 Å². The second-order valence-corrected chi connectivity index (χ2v) is 13.3. The van der Waals surface area contributed by atoms with Gasteiger partial charge in [-0.15, -0.1) is 0 Å². The van der Waals surface area contributed by atoms with E-state index < -0.39 is 0 Å². The van der Waals surface area contributed by atoms with Gasteiger partial charge in [-0.1, -0.05) is 61.5 Å². The maximum absolute atomic E-state index is 10.8. The summed E-state index contributed by atoms with van der Waals surface area (Å²) < 4.78 is 0. The minimum Gasteiger partial charge on any atom is -0.507 e. The predicted molar refractivity (Wildman–Crippen MR) is 170 cm³/mol. The van der Waals surface area contributed by atoms with E-state index in [4.69, 9.17) is 9.98 Å². The molecule has 8 bridgehead atoms. The van der Waals surface area contributed by atoms with Crippen LogP contribution in [-0.2, 0) is 5.41 Å². The number of phenols is 1. The number of nitrogens with one attached hydrogen (secondary N) is 1. The van der Waals surface area contributed by atoms with Crippen LogP contribution in [0.25, 0.3) is 18.2 Å². The van der Waals surface area contributed by atoms with Gasteiger partial charge >= 0.3 is 0 Å². The first kappa shape index (κ1) is 27.9. The fourth-order valence-corrected chi connectivity index (χ4v) is 6.60. The molecule has 0 saturated carbocycles. The van der Waals surface area contributed by atoms with Gasteiger partial charge in [0.25, 0.3) is 0 Å². The van der Waals surface area contributed by atoms with Gasteiger partial charge in [0.1, 0.15) is 5.75 Å². The monoisotopic (exact) mass is 533 g/mol. The lowest BCUT2D eigenvalue weighted by molar-refractivity contribution is 0.474. The van der Waals surface area contributed by atoms with Crippen molar-refractivity contribution in [2.24, 2.45) is 15.4 Å². The molecule has 0 atom stereocenters. The third-order valence-electron chi connectivity index (χ3n) is 8.21. The molecule has 1 aromatic heterocycles. The second kappa shape index (κ2) is 9.76. The summed E-state index contributed by atoms with van der Waals surface area (Å²) in [6, 6.07) is 5.79. The molecule has 2 aromatic rings. The van der Waals surface area contributed by atoms with Crippen molar-refractivity contribution in [1.82, 2.24) is 4.98 Å². The summed E-state index contributed by atoms with van der Waals surface area (Å²) in [5, 5.41) is 13.0. The third kappa shape index (κ3) is 4.78. The van der Waals surface area contributed by atoms with E-state index >= 15 is 0 Å². The summed E-state index contributed by atoms with van der Waals surface area (Å²) in [4.78, 5) is 14.1. The van der Waals surface area contributed by atoms with Crippen LogP contribution >= 0.6 is 0 Å². The van der Waals surface area contributed by atoms with Gasteiger partial charge in [-0.2, -0.15) is 0 Å². The topological polar surface area (TPSA) is 60.7 Å². The van der Waals surface area contributed by atoms with Gasteiger partial charge in [-0.25, -0.2) is 9.98 Å². The number of aromatic amines is 1. The Bertz CT molecular complexity index is 1730. The lowest BCUT2D eigenvalue weighted by Gasteiger charge is -2.22. The molecule has 0 amide bonds. The summed E-state index contributed by atoms with van der Waals surface area (Å²) >= 11 is 0. The summed E-state index contributed by atoms with van der Waals surface area (Å²) in [7, 11) is 0. The van der Waals surface area contributed by atoms with Gasteiger partial charge in [0.2, 0.25) is 0 Å². The smallest absolute Gasteiger partial charge is 0.122 e. The third-order valence-corrected chi connectivity index (χ3v) is 8.21. The molecule has 0 fully saturated rings. The minimum absolute atomic E-state index is 0.0503. The van der Waals surface area contributed by atoms with Gasteiger partial charge in [0.15, 0.2) is 0 Å². The molecule has 0 saturated heterocycles. The Labute approximate surface area is 239 Å². The Morgan fingerprint density at radius 2 is 1.43 bits per heavy atom. The Kier molecular flexibility index (Phi) is 6.81. The molecule has 4 heterocycles. The van der Waals surface area contributed by atoms with Crippen molar-refractivity contribution < 1.29 is 5.11 Å². The van der Waals surface area contributed by atoms with Crippen LogP contribution in [0.4, 0.5) is 0 Å². The summed E-state index contributed by atoms with van der Waals surface area (Å²) in [6.45, 7) is 22.3. The molecule has 3 aliphatic rings. The van der Waals surface area contributed by atoms with Gasteiger partial charge in [-0.05, 0) is 113 Å². The molecule has 0 aliphatic carbocycles. The maximum atomic E-state index is 10.8. The number of rotatable bonds is 2. The van der Waals surface area contributed by atoms with Crippen molar-refractivity contribution in [1.29, 1.82) is 0 Å². The lowest BCUT2D eigenvalue weighted by atomic mass is 9.81. The highest BCUT2D eigenvalue weighted by molar-refractivity contribution is 6.24. The number of aromatic nitrogens is 1. The zero-order valence-electron chi connectivity index (χ0n) is 25.8. The Hall–Kier alpha value is -3.66. The van der Waals surface area contributed by atoms with Gasteiger partial charge in [-0.3, -0.25) is 0 Å². The van der Waals surface area contributed by atoms with E-state index in [9.17, 15) is 5.11 Å². The van der Waals surface area contributed by atoms with E-state index in [0.29, 0.717) is 0 Å². The standard InChI is InChI=1S/C36H43N3O/c1-11-24-25(12-2)29-19-31-34(36(8,9)10)21(4)27(38-31)17-23-15-22(13-14-32(23)40)16-26-20(3)33(35(5,6)7)30(37-26)18-28(24)39-29/h13-19,37,40H,11-12H2,1-10H3. The quantitative estimate of drug-likeness (QED) is 0.411. The molecule has 0 radical (unpaired) electrons. The number of phenolic OH excluding ortho intramolecular Hbond substituents is 1. The van der Waals surface area contributed by atoms with Gasteiger partial charge in [0.05, 0.1) is 22.8 Å². The molecular weight excluding hydrogens is 490 g/mol. The molecule has 5 rings (SSSR count). The van der Waals surface area contributed by atoms with Crippen LogP contribution in [0.3, 0.4) is 0 Å². The van der Waals surface area contributed by atoms with E-state index in [0.717, 1.165) is 63.1 Å². The van der Waals surface area contributed by atoms with Crippen LogP contribution in [0.5, 0.6) is 5.75 Å². The molecule has 40 heavy (non-hydrogen) atoms. The molecular formula is C36H43N3O. The van der Waals surface area contributed by atoms with Crippen LogP contribution < -0.4 is 10.7 Å². The van der Waals surface area contributed by atoms with Crippen molar-refractivity contribution >= 4 is 29.7 Å². The molecule has 4 heteroatoms. The van der Waals surface area contributed by atoms with Crippen LogP contribution in [0.1, 0.15) is 97.4 Å². The zero-order valence-corrected chi connectivity index (χ0v) is 25.8. The average molecular weight is 534 g/mol. The van der Waals surface area contributed by atoms with E-state index in [1.807, 2.05) is 18.2 Å². The SMILES string of the molecule is CCC1=C(CC)C2=NC1=CC1=NC(=Cc3cc(ccc3O)C=c3[nH]c(c(C(C)(C)C)c3C)=C2)C(C)=C1C(C)(C)C. The van der Waals surface area contributed by atoms with Crippen molar-refractivity contribution in [3.05, 3.63) is 90.9 Å². The highest BCUT2D eigenvalue weighted by atomic mass is 16.3. The van der Waals surface area contributed by atoms with Crippen molar-refractivity contribution in [2.75, 3.05) is 0 Å². The fourth-order valence-electron chi connectivity index (χ4n) is 6.60. The first-order valence-electron chi connectivity index (χ1n) is 14.5. The normalized spacial score (nSPS) is 17.4. The number of hydrogen-bond donors (Lipinski definition) is 2. The summed E-state index contributed by atoms with van der Waals surface area (Å²) in [5.41, 5.74) is 13.0.